The monoisotopic (exact) mass is 205 g/mol. The summed E-state index contributed by atoms with van der Waals surface area (Å²) in [6.45, 7) is -0.543. The predicted molar refractivity (Wildman–Crippen MR) is 42.9 cm³/mol. The number of nitrogens with zero attached hydrogens (tertiary/aromatic N) is 3. The molecule has 0 radical (unpaired) electrons. The number of hydrogen-bond donors (Lipinski definition) is 4. The van der Waals surface area contributed by atoms with Crippen LogP contribution < -0.4 is 0 Å². The molecule has 0 spiro atoms. The van der Waals surface area contributed by atoms with Crippen LogP contribution in [0.25, 0.3) is 10.4 Å². The maximum Gasteiger partial charge on any atom is 0.166 e. The van der Waals surface area contributed by atoms with Gasteiger partial charge in [0.2, 0.25) is 0 Å². The average Bonchev–Trinajstić information content (AvgIpc) is 2.18. The Bertz CT molecular complexity index is 244. The van der Waals surface area contributed by atoms with Gasteiger partial charge in [-0.15, -0.1) is 0 Å². The van der Waals surface area contributed by atoms with Gasteiger partial charge in [-0.05, 0) is 5.53 Å². The van der Waals surface area contributed by atoms with Crippen LogP contribution >= 0.6 is 0 Å². The van der Waals surface area contributed by atoms with Crippen molar-refractivity contribution in [3.05, 3.63) is 10.4 Å². The minimum absolute atomic E-state index is 0.543. The van der Waals surface area contributed by atoms with Crippen molar-refractivity contribution in [1.29, 1.82) is 0 Å². The second kappa shape index (κ2) is 4.56. The normalized spacial score (nSPS) is 43.0. The molecule has 1 unspecified atom stereocenters. The highest BCUT2D eigenvalue weighted by Gasteiger charge is 2.43. The molecule has 1 aliphatic heterocycles. The number of ether oxygens (including phenoxy) is 1. The largest absolute Gasteiger partial charge is 0.394 e. The van der Waals surface area contributed by atoms with Crippen molar-refractivity contribution in [3.8, 4) is 0 Å². The Labute approximate surface area is 79.0 Å². The molecule has 1 heterocycles. The summed E-state index contributed by atoms with van der Waals surface area (Å²) < 4.78 is 4.71. The number of aliphatic hydroxyl groups excluding tert-OH is 4. The lowest BCUT2D eigenvalue weighted by atomic mass is 9.98. The van der Waals surface area contributed by atoms with Crippen LogP contribution in [0.3, 0.4) is 0 Å². The van der Waals surface area contributed by atoms with E-state index in [0.29, 0.717) is 0 Å². The van der Waals surface area contributed by atoms with Crippen LogP contribution in [0.15, 0.2) is 5.11 Å². The Kier molecular flexibility index (Phi) is 3.64. The minimum atomic E-state index is -1.53. The number of hydrogen-bond acceptors (Lipinski definition) is 6. The molecule has 5 atom stereocenters. The van der Waals surface area contributed by atoms with E-state index in [1.54, 1.807) is 0 Å². The summed E-state index contributed by atoms with van der Waals surface area (Å²) in [6, 6.07) is -1.27. The van der Waals surface area contributed by atoms with E-state index in [1.165, 1.54) is 0 Å². The summed E-state index contributed by atoms with van der Waals surface area (Å²) in [5, 5.41) is 39.7. The molecule has 8 nitrogen and oxygen atoms in total. The van der Waals surface area contributed by atoms with Crippen LogP contribution in [0.1, 0.15) is 0 Å². The van der Waals surface area contributed by atoms with Crippen molar-refractivity contribution in [2.45, 2.75) is 30.6 Å². The van der Waals surface area contributed by atoms with E-state index < -0.39 is 37.3 Å². The summed E-state index contributed by atoms with van der Waals surface area (Å²) in [5.74, 6) is 0. The Hall–Kier alpha value is -0.890. The van der Waals surface area contributed by atoms with E-state index >= 15 is 0 Å². The van der Waals surface area contributed by atoms with Gasteiger partial charge in [0.25, 0.3) is 0 Å². The Morgan fingerprint density at radius 1 is 1.29 bits per heavy atom. The molecule has 1 saturated heterocycles. The van der Waals surface area contributed by atoms with Gasteiger partial charge in [0.05, 0.1) is 12.7 Å². The zero-order chi connectivity index (χ0) is 10.7. The van der Waals surface area contributed by atoms with Crippen molar-refractivity contribution in [2.24, 2.45) is 5.11 Å². The Morgan fingerprint density at radius 3 is 2.43 bits per heavy atom. The van der Waals surface area contributed by atoms with Crippen molar-refractivity contribution in [2.75, 3.05) is 6.61 Å². The van der Waals surface area contributed by atoms with Crippen LogP contribution in [0.4, 0.5) is 0 Å². The van der Waals surface area contributed by atoms with E-state index in [2.05, 4.69) is 10.0 Å². The highest BCUT2D eigenvalue weighted by Crippen LogP contribution is 2.21. The van der Waals surface area contributed by atoms with Crippen LogP contribution in [-0.2, 0) is 4.74 Å². The third-order valence-corrected chi connectivity index (χ3v) is 2.05. The lowest BCUT2D eigenvalue weighted by Gasteiger charge is -2.37. The highest BCUT2D eigenvalue weighted by molar-refractivity contribution is 4.92. The van der Waals surface area contributed by atoms with E-state index in [4.69, 9.17) is 15.4 Å². The van der Waals surface area contributed by atoms with Crippen LogP contribution in [0.5, 0.6) is 0 Å². The molecule has 0 aromatic carbocycles. The summed E-state index contributed by atoms with van der Waals surface area (Å²) in [6.07, 6.45) is -5.45. The van der Waals surface area contributed by atoms with E-state index in [1.807, 2.05) is 0 Å². The summed E-state index contributed by atoms with van der Waals surface area (Å²) in [7, 11) is 0. The third kappa shape index (κ3) is 1.95. The topological polar surface area (TPSA) is 139 Å². The fraction of sp³-hybridized carbons (Fsp3) is 1.00. The Morgan fingerprint density at radius 2 is 1.93 bits per heavy atom. The molecular weight excluding hydrogens is 194 g/mol. The lowest BCUT2D eigenvalue weighted by Crippen LogP contribution is -2.57. The molecule has 1 rings (SSSR count). The van der Waals surface area contributed by atoms with Gasteiger partial charge in [-0.1, -0.05) is 5.11 Å². The molecule has 0 aromatic heterocycles. The Balaban J connectivity index is 2.78. The first-order valence-corrected chi connectivity index (χ1v) is 3.96. The first-order chi connectivity index (χ1) is 6.61. The maximum absolute atomic E-state index is 9.37. The lowest BCUT2D eigenvalue weighted by molar-refractivity contribution is -0.248. The fourth-order valence-electron chi connectivity index (χ4n) is 1.27. The molecule has 0 aliphatic carbocycles. The number of aliphatic hydroxyl groups is 4. The quantitative estimate of drug-likeness (QED) is 0.237. The molecule has 1 fully saturated rings. The zero-order valence-electron chi connectivity index (χ0n) is 7.13. The van der Waals surface area contributed by atoms with Gasteiger partial charge >= 0.3 is 0 Å². The standard InChI is InChI=1S/C6H11N3O5/c7-9-8-3-5(12)4(11)2(1-10)14-6(3)13/h2-6,10-13H,1H2/t2-,3+,4-,5-,6?/m0/s1. The smallest absolute Gasteiger partial charge is 0.166 e. The van der Waals surface area contributed by atoms with Gasteiger partial charge in [-0.2, -0.15) is 0 Å². The zero-order valence-corrected chi connectivity index (χ0v) is 7.13. The number of azide groups is 1. The molecule has 0 amide bonds. The summed E-state index contributed by atoms with van der Waals surface area (Å²) in [4.78, 5) is 2.40. The number of rotatable bonds is 2. The van der Waals surface area contributed by atoms with Crippen LogP contribution in [-0.4, -0.2) is 57.7 Å². The highest BCUT2D eigenvalue weighted by atomic mass is 16.6. The van der Waals surface area contributed by atoms with Crippen LogP contribution in [0, 0.1) is 0 Å². The summed E-state index contributed by atoms with van der Waals surface area (Å²) in [5.41, 5.74) is 8.11. The first-order valence-electron chi connectivity index (χ1n) is 3.96. The average molecular weight is 205 g/mol. The second-order valence-electron chi connectivity index (χ2n) is 2.92. The van der Waals surface area contributed by atoms with Gasteiger partial charge in [0.15, 0.2) is 6.29 Å². The third-order valence-electron chi connectivity index (χ3n) is 2.05. The van der Waals surface area contributed by atoms with Crippen LogP contribution in [0.2, 0.25) is 0 Å². The van der Waals surface area contributed by atoms with Gasteiger partial charge in [-0.3, -0.25) is 0 Å². The minimum Gasteiger partial charge on any atom is -0.394 e. The molecule has 0 saturated carbocycles. The van der Waals surface area contributed by atoms with Gasteiger partial charge in [-0.25, -0.2) is 0 Å². The van der Waals surface area contributed by atoms with Crippen molar-refractivity contribution in [1.82, 2.24) is 0 Å². The molecule has 8 heteroatoms. The predicted octanol–water partition coefficient (Wildman–Crippen LogP) is -1.90. The molecular formula is C6H11N3O5. The molecule has 80 valence electrons. The molecule has 0 bridgehead atoms. The van der Waals surface area contributed by atoms with E-state index in [9.17, 15) is 15.3 Å². The van der Waals surface area contributed by atoms with E-state index in [0.717, 1.165) is 0 Å². The molecule has 0 aromatic rings. The van der Waals surface area contributed by atoms with Gasteiger partial charge in [0, 0.05) is 4.91 Å². The van der Waals surface area contributed by atoms with Gasteiger partial charge in [0.1, 0.15) is 18.2 Å². The molecule has 14 heavy (non-hydrogen) atoms. The van der Waals surface area contributed by atoms with Crippen molar-refractivity contribution < 1.29 is 25.2 Å². The van der Waals surface area contributed by atoms with E-state index in [-0.39, 0.29) is 0 Å². The second-order valence-corrected chi connectivity index (χ2v) is 2.92. The first kappa shape index (κ1) is 11.2. The SMILES string of the molecule is [N-]=[N+]=N[C@H]1C(O)O[C@@H](CO)[C@H](O)[C@H]1O. The van der Waals surface area contributed by atoms with Crippen molar-refractivity contribution in [3.63, 3.8) is 0 Å². The summed E-state index contributed by atoms with van der Waals surface area (Å²) >= 11 is 0. The molecule has 1 aliphatic rings. The maximum atomic E-state index is 9.37. The van der Waals surface area contributed by atoms with Gasteiger partial charge < -0.3 is 25.2 Å². The molecule has 4 N–H and O–H groups in total. The van der Waals surface area contributed by atoms with Crippen molar-refractivity contribution >= 4 is 0 Å². The fourth-order valence-corrected chi connectivity index (χ4v) is 1.27.